The number of carbonyl (C=O) groups is 1. The number of rotatable bonds is 2. The van der Waals surface area contributed by atoms with Gasteiger partial charge >= 0.3 is 0 Å². The molecule has 1 aromatic carbocycles. The van der Waals surface area contributed by atoms with Gasteiger partial charge in [-0.15, -0.1) is 6.58 Å². The molecule has 17 heavy (non-hydrogen) atoms. The minimum absolute atomic E-state index is 0.0115. The van der Waals surface area contributed by atoms with Crippen LogP contribution in [0.5, 0.6) is 11.5 Å². The molecule has 0 saturated carbocycles. The van der Waals surface area contributed by atoms with Crippen molar-refractivity contribution in [3.8, 4) is 11.5 Å². The molecule has 2 rings (SSSR count). The monoisotopic (exact) mass is 232 g/mol. The molecule has 1 aliphatic rings. The second kappa shape index (κ2) is 3.91. The van der Waals surface area contributed by atoms with E-state index >= 15 is 0 Å². The molecule has 1 heterocycles. The molecule has 0 unspecified atom stereocenters. The summed E-state index contributed by atoms with van der Waals surface area (Å²) in [5, 5.41) is 9.60. The first-order chi connectivity index (χ1) is 7.93. The molecular formula is C14H16O3. The first kappa shape index (κ1) is 11.7. The Kier molecular flexibility index (Phi) is 2.69. The molecule has 90 valence electrons. The Hall–Kier alpha value is -1.77. The molecule has 0 aromatic heterocycles. The molecule has 1 aromatic rings. The van der Waals surface area contributed by atoms with E-state index < -0.39 is 5.60 Å². The van der Waals surface area contributed by atoms with Gasteiger partial charge in [0.15, 0.2) is 5.78 Å². The fourth-order valence-electron chi connectivity index (χ4n) is 2.10. The zero-order valence-corrected chi connectivity index (χ0v) is 10.1. The van der Waals surface area contributed by atoms with Crippen LogP contribution >= 0.6 is 0 Å². The van der Waals surface area contributed by atoms with Crippen LogP contribution in [-0.2, 0) is 6.42 Å². The maximum atomic E-state index is 12.0. The molecule has 0 amide bonds. The third-order valence-electron chi connectivity index (χ3n) is 2.78. The second-order valence-electron chi connectivity index (χ2n) is 4.94. The van der Waals surface area contributed by atoms with Crippen LogP contribution in [0.3, 0.4) is 0 Å². The lowest BCUT2D eigenvalue weighted by atomic mass is 9.91. The Balaban J connectivity index is 2.58. The summed E-state index contributed by atoms with van der Waals surface area (Å²) in [6.07, 6.45) is 2.63. The Morgan fingerprint density at radius 3 is 2.88 bits per heavy atom. The summed E-state index contributed by atoms with van der Waals surface area (Å²) in [6.45, 7) is 7.44. The fraction of sp³-hybridized carbons (Fsp3) is 0.357. The van der Waals surface area contributed by atoms with E-state index in [0.717, 1.165) is 5.56 Å². The second-order valence-corrected chi connectivity index (χ2v) is 4.94. The van der Waals surface area contributed by atoms with Crippen molar-refractivity contribution in [2.75, 3.05) is 0 Å². The summed E-state index contributed by atoms with van der Waals surface area (Å²) < 4.78 is 5.85. The van der Waals surface area contributed by atoms with Crippen molar-refractivity contribution >= 4 is 5.78 Å². The van der Waals surface area contributed by atoms with Gasteiger partial charge in [-0.1, -0.05) is 6.08 Å². The molecule has 1 aliphatic heterocycles. The Bertz CT molecular complexity index is 486. The predicted molar refractivity (Wildman–Crippen MR) is 65.7 cm³/mol. The number of hydrogen-bond donors (Lipinski definition) is 1. The summed E-state index contributed by atoms with van der Waals surface area (Å²) in [7, 11) is 0. The van der Waals surface area contributed by atoms with Crippen molar-refractivity contribution in [1.82, 2.24) is 0 Å². The first-order valence-corrected chi connectivity index (χ1v) is 5.62. The lowest BCUT2D eigenvalue weighted by Gasteiger charge is -2.33. The molecule has 1 N–H and O–H groups in total. The minimum atomic E-state index is -0.489. The van der Waals surface area contributed by atoms with Crippen LogP contribution in [0.25, 0.3) is 0 Å². The topological polar surface area (TPSA) is 46.5 Å². The van der Waals surface area contributed by atoms with Crippen LogP contribution in [0.15, 0.2) is 24.8 Å². The van der Waals surface area contributed by atoms with Crippen LogP contribution in [0.4, 0.5) is 0 Å². The van der Waals surface area contributed by atoms with Gasteiger partial charge in [0, 0.05) is 5.56 Å². The quantitative estimate of drug-likeness (QED) is 0.797. The lowest BCUT2D eigenvalue weighted by Crippen LogP contribution is -2.36. The van der Waals surface area contributed by atoms with Gasteiger partial charge in [-0.25, -0.2) is 0 Å². The standard InChI is InChI=1S/C14H16O3/c1-4-5-9-6-10(15)7-11-12(16)8-14(2,3)17-13(9)11/h4,6-7,15H,1,5,8H2,2-3H3. The van der Waals surface area contributed by atoms with E-state index in [4.69, 9.17) is 4.74 Å². The van der Waals surface area contributed by atoms with Crippen LogP contribution in [-0.4, -0.2) is 16.5 Å². The summed E-state index contributed by atoms with van der Waals surface area (Å²) in [5.41, 5.74) is 0.786. The average Bonchev–Trinajstić information content (AvgIpc) is 2.19. The van der Waals surface area contributed by atoms with E-state index in [9.17, 15) is 9.90 Å². The third kappa shape index (κ3) is 2.18. The largest absolute Gasteiger partial charge is 0.508 e. The molecule has 0 bridgehead atoms. The number of benzene rings is 1. The number of phenolic OH excluding ortho intramolecular Hbond substituents is 1. The van der Waals surface area contributed by atoms with Gasteiger partial charge in [-0.3, -0.25) is 4.79 Å². The van der Waals surface area contributed by atoms with Crippen molar-refractivity contribution in [2.24, 2.45) is 0 Å². The minimum Gasteiger partial charge on any atom is -0.508 e. The number of ether oxygens (including phenoxy) is 1. The van der Waals surface area contributed by atoms with Gasteiger partial charge in [-0.2, -0.15) is 0 Å². The molecule has 0 fully saturated rings. The van der Waals surface area contributed by atoms with E-state index in [2.05, 4.69) is 6.58 Å². The molecule has 3 nitrogen and oxygen atoms in total. The molecular weight excluding hydrogens is 216 g/mol. The molecule has 0 radical (unpaired) electrons. The van der Waals surface area contributed by atoms with Crippen molar-refractivity contribution < 1.29 is 14.6 Å². The number of fused-ring (bicyclic) bond motifs is 1. The van der Waals surface area contributed by atoms with E-state index in [1.54, 1.807) is 12.1 Å². The van der Waals surface area contributed by atoms with E-state index in [-0.39, 0.29) is 11.5 Å². The van der Waals surface area contributed by atoms with Gasteiger partial charge in [0.25, 0.3) is 0 Å². The van der Waals surface area contributed by atoms with Crippen LogP contribution in [0.1, 0.15) is 36.2 Å². The summed E-state index contributed by atoms with van der Waals surface area (Å²) >= 11 is 0. The van der Waals surface area contributed by atoms with Crippen LogP contribution in [0.2, 0.25) is 0 Å². The maximum Gasteiger partial charge on any atom is 0.170 e. The van der Waals surface area contributed by atoms with Gasteiger partial charge in [0.2, 0.25) is 0 Å². The SMILES string of the molecule is C=CCc1cc(O)cc2c1OC(C)(C)CC2=O. The normalized spacial score (nSPS) is 17.2. The number of phenols is 1. The number of ketones is 1. The summed E-state index contributed by atoms with van der Waals surface area (Å²) in [4.78, 5) is 12.0. The molecule has 0 spiro atoms. The van der Waals surface area contributed by atoms with Crippen LogP contribution < -0.4 is 4.74 Å². The van der Waals surface area contributed by atoms with E-state index in [1.807, 2.05) is 13.8 Å². The Morgan fingerprint density at radius 2 is 2.24 bits per heavy atom. The van der Waals surface area contributed by atoms with E-state index in [0.29, 0.717) is 24.2 Å². The Labute approximate surface area is 101 Å². The zero-order chi connectivity index (χ0) is 12.6. The number of allylic oxidation sites excluding steroid dienone is 1. The maximum absolute atomic E-state index is 12.0. The number of Topliss-reactive ketones (excluding diaryl/α,β-unsaturated/α-hetero) is 1. The van der Waals surface area contributed by atoms with Crippen LogP contribution in [0, 0.1) is 0 Å². The van der Waals surface area contributed by atoms with E-state index in [1.165, 1.54) is 6.07 Å². The number of carbonyl (C=O) groups excluding carboxylic acids is 1. The van der Waals surface area contributed by atoms with Crippen molar-refractivity contribution in [3.05, 3.63) is 35.9 Å². The first-order valence-electron chi connectivity index (χ1n) is 5.62. The Morgan fingerprint density at radius 1 is 1.53 bits per heavy atom. The molecule has 0 aliphatic carbocycles. The lowest BCUT2D eigenvalue weighted by molar-refractivity contribution is 0.0613. The number of hydrogen-bond acceptors (Lipinski definition) is 3. The number of aromatic hydroxyl groups is 1. The average molecular weight is 232 g/mol. The highest BCUT2D eigenvalue weighted by atomic mass is 16.5. The van der Waals surface area contributed by atoms with Gasteiger partial charge < -0.3 is 9.84 Å². The smallest absolute Gasteiger partial charge is 0.170 e. The van der Waals surface area contributed by atoms with Crippen molar-refractivity contribution in [2.45, 2.75) is 32.3 Å². The fourth-order valence-corrected chi connectivity index (χ4v) is 2.10. The third-order valence-corrected chi connectivity index (χ3v) is 2.78. The molecule has 0 atom stereocenters. The molecule has 3 heteroatoms. The highest BCUT2D eigenvalue weighted by molar-refractivity contribution is 6.01. The summed E-state index contributed by atoms with van der Waals surface area (Å²) in [6, 6.07) is 3.09. The van der Waals surface area contributed by atoms with Gasteiger partial charge in [0.1, 0.15) is 17.1 Å². The van der Waals surface area contributed by atoms with Crippen molar-refractivity contribution in [3.63, 3.8) is 0 Å². The summed E-state index contributed by atoms with van der Waals surface area (Å²) in [5.74, 6) is 0.693. The molecule has 0 saturated heterocycles. The predicted octanol–water partition coefficient (Wildman–Crippen LogP) is 2.86. The van der Waals surface area contributed by atoms with Gasteiger partial charge in [0.05, 0.1) is 12.0 Å². The highest BCUT2D eigenvalue weighted by Gasteiger charge is 2.34. The highest BCUT2D eigenvalue weighted by Crippen LogP contribution is 2.38. The van der Waals surface area contributed by atoms with Gasteiger partial charge in [-0.05, 0) is 32.4 Å². The van der Waals surface area contributed by atoms with Crippen molar-refractivity contribution in [1.29, 1.82) is 0 Å². The zero-order valence-electron chi connectivity index (χ0n) is 10.1.